The van der Waals surface area contributed by atoms with Crippen LogP contribution < -0.4 is 0 Å². The quantitative estimate of drug-likeness (QED) is 0.752. The largest absolute Gasteiger partial charge is 0.393 e. The van der Waals surface area contributed by atoms with Crippen molar-refractivity contribution in [3.05, 3.63) is 23.8 Å². The van der Waals surface area contributed by atoms with Crippen LogP contribution in [0.3, 0.4) is 0 Å². The summed E-state index contributed by atoms with van der Waals surface area (Å²) >= 11 is 0. The van der Waals surface area contributed by atoms with Crippen molar-refractivity contribution in [1.82, 2.24) is 0 Å². The summed E-state index contributed by atoms with van der Waals surface area (Å²) in [6.07, 6.45) is 8.19. The zero-order valence-electron chi connectivity index (χ0n) is 14.9. The molecular weight excluding hydrogens is 272 g/mol. The first-order chi connectivity index (χ1) is 10.2. The van der Waals surface area contributed by atoms with Crippen LogP contribution in [-0.4, -0.2) is 22.9 Å². The van der Waals surface area contributed by atoms with E-state index in [2.05, 4.69) is 34.3 Å². The van der Waals surface area contributed by atoms with Crippen LogP contribution in [0.4, 0.5) is 0 Å². The second kappa shape index (κ2) is 6.49. The Morgan fingerprint density at radius 2 is 2.00 bits per heavy atom. The number of aliphatic hydroxyl groups excluding tert-OH is 2. The molecule has 2 saturated carbocycles. The fourth-order valence-corrected chi connectivity index (χ4v) is 5.33. The predicted octanol–water partition coefficient (Wildman–Crippen LogP) is 4.47. The molecule has 0 heterocycles. The summed E-state index contributed by atoms with van der Waals surface area (Å²) in [4.78, 5) is 0. The standard InChI is InChI=1S/C20H34O2/c1-14(11-13-21)6-8-16-15(2)7-9-17-19(3,4)18(22)10-12-20(16,17)5/h11,16-18,21-22H,2,6-10,12-13H2,1,3-5H3/b14-11+/t16-,17-,18+,20+/m1/s1. The van der Waals surface area contributed by atoms with Crippen LogP contribution in [0.25, 0.3) is 0 Å². The predicted molar refractivity (Wildman–Crippen MR) is 92.6 cm³/mol. The molecule has 0 spiro atoms. The van der Waals surface area contributed by atoms with E-state index in [1.165, 1.54) is 17.6 Å². The third-order valence-corrected chi connectivity index (χ3v) is 6.82. The van der Waals surface area contributed by atoms with Crippen molar-refractivity contribution in [2.45, 2.75) is 72.3 Å². The second-order valence-corrected chi connectivity index (χ2v) is 8.46. The van der Waals surface area contributed by atoms with Gasteiger partial charge in [0.25, 0.3) is 0 Å². The number of allylic oxidation sites excluding steroid dienone is 2. The van der Waals surface area contributed by atoms with E-state index in [4.69, 9.17) is 5.11 Å². The van der Waals surface area contributed by atoms with Gasteiger partial charge in [-0.1, -0.05) is 44.6 Å². The first-order valence-corrected chi connectivity index (χ1v) is 8.85. The lowest BCUT2D eigenvalue weighted by molar-refractivity contribution is -0.124. The van der Waals surface area contributed by atoms with Crippen LogP contribution >= 0.6 is 0 Å². The fraction of sp³-hybridized carbons (Fsp3) is 0.800. The molecule has 0 bridgehead atoms. The maximum Gasteiger partial charge on any atom is 0.0614 e. The van der Waals surface area contributed by atoms with E-state index in [-0.39, 0.29) is 23.5 Å². The van der Waals surface area contributed by atoms with Crippen molar-refractivity contribution < 1.29 is 10.2 Å². The third kappa shape index (κ3) is 3.05. The van der Waals surface area contributed by atoms with Gasteiger partial charge >= 0.3 is 0 Å². The minimum Gasteiger partial charge on any atom is -0.393 e. The van der Waals surface area contributed by atoms with Crippen molar-refractivity contribution in [2.75, 3.05) is 6.61 Å². The van der Waals surface area contributed by atoms with Gasteiger partial charge in [-0.25, -0.2) is 0 Å². The zero-order valence-corrected chi connectivity index (χ0v) is 14.9. The molecule has 0 saturated heterocycles. The highest BCUT2D eigenvalue weighted by molar-refractivity contribution is 5.17. The molecule has 2 N–H and O–H groups in total. The SMILES string of the molecule is C=C1CC[C@@H]2C(C)(C)[C@@H](O)CC[C@@]2(C)[C@@H]1CC/C(C)=C/CO. The molecule has 22 heavy (non-hydrogen) atoms. The first kappa shape index (κ1) is 17.7. The Morgan fingerprint density at radius 1 is 1.32 bits per heavy atom. The Labute approximate surface area is 136 Å². The highest BCUT2D eigenvalue weighted by Crippen LogP contribution is 2.61. The van der Waals surface area contributed by atoms with Gasteiger partial charge in [-0.15, -0.1) is 0 Å². The normalized spacial score (nSPS) is 38.7. The van der Waals surface area contributed by atoms with Gasteiger partial charge in [-0.2, -0.15) is 0 Å². The maximum absolute atomic E-state index is 10.5. The van der Waals surface area contributed by atoms with Crippen molar-refractivity contribution >= 4 is 0 Å². The Bertz CT molecular complexity index is 449. The van der Waals surface area contributed by atoms with E-state index < -0.39 is 0 Å². The Kier molecular flexibility index (Phi) is 5.23. The van der Waals surface area contributed by atoms with E-state index in [0.717, 1.165) is 32.1 Å². The molecule has 0 aromatic carbocycles. The van der Waals surface area contributed by atoms with Gasteiger partial charge in [0, 0.05) is 0 Å². The number of hydrogen-bond acceptors (Lipinski definition) is 2. The molecule has 0 amide bonds. The lowest BCUT2D eigenvalue weighted by atomic mass is 9.46. The summed E-state index contributed by atoms with van der Waals surface area (Å²) in [5.41, 5.74) is 2.94. The van der Waals surface area contributed by atoms with Gasteiger partial charge in [-0.05, 0) is 68.1 Å². The lowest BCUT2D eigenvalue weighted by Gasteiger charge is -2.59. The Morgan fingerprint density at radius 3 is 2.64 bits per heavy atom. The monoisotopic (exact) mass is 306 g/mol. The van der Waals surface area contributed by atoms with Gasteiger partial charge in [0.05, 0.1) is 12.7 Å². The number of rotatable bonds is 4. The van der Waals surface area contributed by atoms with E-state index in [0.29, 0.717) is 11.8 Å². The van der Waals surface area contributed by atoms with Crippen molar-refractivity contribution in [2.24, 2.45) is 22.7 Å². The van der Waals surface area contributed by atoms with Crippen LogP contribution in [0.15, 0.2) is 23.8 Å². The van der Waals surface area contributed by atoms with Crippen LogP contribution in [0.2, 0.25) is 0 Å². The minimum absolute atomic E-state index is 0.00192. The number of fused-ring (bicyclic) bond motifs is 1. The third-order valence-electron chi connectivity index (χ3n) is 6.82. The van der Waals surface area contributed by atoms with Crippen LogP contribution in [0, 0.1) is 22.7 Å². The summed E-state index contributed by atoms with van der Waals surface area (Å²) in [6, 6.07) is 0. The summed E-state index contributed by atoms with van der Waals surface area (Å²) < 4.78 is 0. The molecule has 2 fully saturated rings. The summed E-state index contributed by atoms with van der Waals surface area (Å²) in [5.74, 6) is 1.11. The highest BCUT2D eigenvalue weighted by Gasteiger charge is 2.55. The summed E-state index contributed by atoms with van der Waals surface area (Å²) in [7, 11) is 0. The highest BCUT2D eigenvalue weighted by atomic mass is 16.3. The number of hydrogen-bond donors (Lipinski definition) is 2. The molecule has 2 rings (SSSR count). The van der Waals surface area contributed by atoms with Gasteiger partial charge in [0.15, 0.2) is 0 Å². The molecule has 2 nitrogen and oxygen atoms in total. The van der Waals surface area contributed by atoms with Crippen LogP contribution in [0.1, 0.15) is 66.2 Å². The van der Waals surface area contributed by atoms with Gasteiger partial charge in [-0.3, -0.25) is 0 Å². The molecule has 2 heteroatoms. The van der Waals surface area contributed by atoms with Crippen LogP contribution in [0.5, 0.6) is 0 Å². The summed E-state index contributed by atoms with van der Waals surface area (Å²) in [5, 5.41) is 19.5. The van der Waals surface area contributed by atoms with E-state index in [1.54, 1.807) is 0 Å². The molecule has 2 aliphatic rings. The van der Waals surface area contributed by atoms with Crippen molar-refractivity contribution in [1.29, 1.82) is 0 Å². The maximum atomic E-state index is 10.5. The molecule has 126 valence electrons. The zero-order chi connectivity index (χ0) is 16.5. The number of aliphatic hydroxyl groups is 2. The van der Waals surface area contributed by atoms with Gasteiger partial charge in [0.1, 0.15) is 0 Å². The van der Waals surface area contributed by atoms with Gasteiger partial charge < -0.3 is 10.2 Å². The summed E-state index contributed by atoms with van der Waals surface area (Å²) in [6.45, 7) is 13.6. The van der Waals surface area contributed by atoms with E-state index in [1.807, 2.05) is 6.08 Å². The van der Waals surface area contributed by atoms with Crippen molar-refractivity contribution in [3.63, 3.8) is 0 Å². The second-order valence-electron chi connectivity index (χ2n) is 8.46. The topological polar surface area (TPSA) is 40.5 Å². The molecule has 0 unspecified atom stereocenters. The average molecular weight is 306 g/mol. The fourth-order valence-electron chi connectivity index (χ4n) is 5.33. The minimum atomic E-state index is -0.173. The Hall–Kier alpha value is -0.600. The molecular formula is C20H34O2. The van der Waals surface area contributed by atoms with E-state index >= 15 is 0 Å². The molecule has 2 aliphatic carbocycles. The van der Waals surface area contributed by atoms with Crippen molar-refractivity contribution in [3.8, 4) is 0 Å². The lowest BCUT2D eigenvalue weighted by Crippen LogP contribution is -2.54. The molecule has 0 aromatic heterocycles. The van der Waals surface area contributed by atoms with Crippen LogP contribution in [-0.2, 0) is 0 Å². The Balaban J connectivity index is 2.21. The molecule has 0 radical (unpaired) electrons. The molecule has 0 aromatic rings. The first-order valence-electron chi connectivity index (χ1n) is 8.85. The average Bonchev–Trinajstić information content (AvgIpc) is 2.43. The smallest absolute Gasteiger partial charge is 0.0614 e. The van der Waals surface area contributed by atoms with E-state index in [9.17, 15) is 5.11 Å². The molecule has 0 aliphatic heterocycles. The molecule has 4 atom stereocenters. The van der Waals surface area contributed by atoms with Gasteiger partial charge in [0.2, 0.25) is 0 Å².